The SMILES string of the molecule is COc1ccc(NC(=O)Cc2oc(-c3ccccc3)nc2C)cc1. The van der Waals surface area contributed by atoms with Crippen LogP contribution < -0.4 is 10.1 Å². The number of amides is 1. The Balaban J connectivity index is 1.69. The second kappa shape index (κ2) is 7.00. The van der Waals surface area contributed by atoms with Crippen molar-refractivity contribution in [3.63, 3.8) is 0 Å². The molecule has 0 aliphatic rings. The largest absolute Gasteiger partial charge is 0.497 e. The predicted molar refractivity (Wildman–Crippen MR) is 92.0 cm³/mol. The van der Waals surface area contributed by atoms with Crippen molar-refractivity contribution in [3.8, 4) is 17.2 Å². The molecule has 5 heteroatoms. The summed E-state index contributed by atoms with van der Waals surface area (Å²) < 4.78 is 10.8. The van der Waals surface area contributed by atoms with E-state index in [1.165, 1.54) is 0 Å². The summed E-state index contributed by atoms with van der Waals surface area (Å²) in [6.45, 7) is 1.84. The van der Waals surface area contributed by atoms with Crippen LogP contribution in [0.3, 0.4) is 0 Å². The lowest BCUT2D eigenvalue weighted by Crippen LogP contribution is -2.14. The lowest BCUT2D eigenvalue weighted by molar-refractivity contribution is -0.115. The average molecular weight is 322 g/mol. The maximum atomic E-state index is 12.2. The molecule has 2 aromatic carbocycles. The van der Waals surface area contributed by atoms with Gasteiger partial charge in [-0.3, -0.25) is 4.79 Å². The van der Waals surface area contributed by atoms with Gasteiger partial charge in [0, 0.05) is 11.3 Å². The van der Waals surface area contributed by atoms with E-state index in [2.05, 4.69) is 10.3 Å². The zero-order chi connectivity index (χ0) is 16.9. The molecule has 0 spiro atoms. The number of aromatic nitrogens is 1. The average Bonchev–Trinajstić information content (AvgIpc) is 2.97. The molecule has 0 atom stereocenters. The molecule has 0 radical (unpaired) electrons. The molecule has 1 N–H and O–H groups in total. The van der Waals surface area contributed by atoms with Gasteiger partial charge in [-0.1, -0.05) is 18.2 Å². The van der Waals surface area contributed by atoms with Gasteiger partial charge in [0.25, 0.3) is 0 Å². The van der Waals surface area contributed by atoms with Crippen molar-refractivity contribution in [2.45, 2.75) is 13.3 Å². The molecule has 1 aromatic heterocycles. The van der Waals surface area contributed by atoms with Gasteiger partial charge < -0.3 is 14.5 Å². The van der Waals surface area contributed by atoms with Crippen molar-refractivity contribution in [1.29, 1.82) is 0 Å². The number of hydrogen-bond acceptors (Lipinski definition) is 4. The van der Waals surface area contributed by atoms with Crippen molar-refractivity contribution in [1.82, 2.24) is 4.98 Å². The number of methoxy groups -OCH3 is 1. The molecule has 0 fully saturated rings. The van der Waals surface area contributed by atoms with Gasteiger partial charge in [-0.15, -0.1) is 0 Å². The molecule has 122 valence electrons. The first kappa shape index (κ1) is 15.8. The van der Waals surface area contributed by atoms with E-state index >= 15 is 0 Å². The first-order valence-electron chi connectivity index (χ1n) is 7.61. The molecular weight excluding hydrogens is 304 g/mol. The number of ether oxygens (including phenoxy) is 1. The third kappa shape index (κ3) is 3.63. The Hall–Kier alpha value is -3.08. The Bertz CT molecular complexity index is 824. The van der Waals surface area contributed by atoms with Gasteiger partial charge in [-0.05, 0) is 43.3 Å². The minimum Gasteiger partial charge on any atom is -0.497 e. The number of nitrogens with zero attached hydrogens (tertiary/aromatic N) is 1. The molecule has 1 amide bonds. The van der Waals surface area contributed by atoms with Crippen LogP contribution in [0.25, 0.3) is 11.5 Å². The molecular formula is C19H18N2O3. The summed E-state index contributed by atoms with van der Waals surface area (Å²) in [5, 5.41) is 2.84. The number of rotatable bonds is 5. The molecule has 0 saturated carbocycles. The van der Waals surface area contributed by atoms with E-state index in [0.29, 0.717) is 17.3 Å². The number of anilines is 1. The van der Waals surface area contributed by atoms with Crippen molar-refractivity contribution < 1.29 is 13.9 Å². The number of carbonyl (C=O) groups excluding carboxylic acids is 1. The van der Waals surface area contributed by atoms with Gasteiger partial charge >= 0.3 is 0 Å². The number of aryl methyl sites for hydroxylation is 1. The van der Waals surface area contributed by atoms with E-state index < -0.39 is 0 Å². The highest BCUT2D eigenvalue weighted by molar-refractivity contribution is 5.92. The topological polar surface area (TPSA) is 64.4 Å². The number of benzene rings is 2. The first-order valence-corrected chi connectivity index (χ1v) is 7.61. The molecule has 0 bridgehead atoms. The van der Waals surface area contributed by atoms with Gasteiger partial charge in [-0.25, -0.2) is 4.98 Å². The lowest BCUT2D eigenvalue weighted by Gasteiger charge is -2.05. The highest BCUT2D eigenvalue weighted by atomic mass is 16.5. The van der Waals surface area contributed by atoms with E-state index in [0.717, 1.165) is 17.0 Å². The number of oxazole rings is 1. The maximum absolute atomic E-state index is 12.2. The quantitative estimate of drug-likeness (QED) is 0.775. The smallest absolute Gasteiger partial charge is 0.232 e. The summed E-state index contributed by atoms with van der Waals surface area (Å²) >= 11 is 0. The van der Waals surface area contributed by atoms with E-state index in [-0.39, 0.29) is 12.3 Å². The van der Waals surface area contributed by atoms with Gasteiger partial charge in [0.05, 0.1) is 19.2 Å². The van der Waals surface area contributed by atoms with Gasteiger partial charge in [0.15, 0.2) is 0 Å². The fraction of sp³-hybridized carbons (Fsp3) is 0.158. The van der Waals surface area contributed by atoms with Crippen molar-refractivity contribution in [3.05, 3.63) is 66.1 Å². The molecule has 0 unspecified atom stereocenters. The second-order valence-corrected chi connectivity index (χ2v) is 5.35. The monoisotopic (exact) mass is 322 g/mol. The minimum absolute atomic E-state index is 0.137. The zero-order valence-electron chi connectivity index (χ0n) is 13.6. The molecule has 0 aliphatic carbocycles. The van der Waals surface area contributed by atoms with Crippen LogP contribution in [0.2, 0.25) is 0 Å². The fourth-order valence-electron chi connectivity index (χ4n) is 2.32. The summed E-state index contributed by atoms with van der Waals surface area (Å²) in [6.07, 6.45) is 0.137. The second-order valence-electron chi connectivity index (χ2n) is 5.35. The van der Waals surface area contributed by atoms with Crippen LogP contribution in [-0.4, -0.2) is 18.0 Å². The fourth-order valence-corrected chi connectivity index (χ4v) is 2.32. The Morgan fingerprint density at radius 2 is 1.83 bits per heavy atom. The number of nitrogens with one attached hydrogen (secondary N) is 1. The van der Waals surface area contributed by atoms with Crippen LogP contribution in [0.1, 0.15) is 11.5 Å². The summed E-state index contributed by atoms with van der Waals surface area (Å²) in [7, 11) is 1.60. The van der Waals surface area contributed by atoms with Gasteiger partial charge in [0.1, 0.15) is 11.5 Å². The van der Waals surface area contributed by atoms with Crippen LogP contribution in [-0.2, 0) is 11.2 Å². The van der Waals surface area contributed by atoms with Crippen LogP contribution >= 0.6 is 0 Å². The molecule has 24 heavy (non-hydrogen) atoms. The molecule has 3 aromatic rings. The lowest BCUT2D eigenvalue weighted by atomic mass is 10.2. The van der Waals surface area contributed by atoms with E-state index in [9.17, 15) is 4.79 Å². The third-order valence-electron chi connectivity index (χ3n) is 3.61. The highest BCUT2D eigenvalue weighted by Gasteiger charge is 2.14. The normalized spacial score (nSPS) is 10.4. The molecule has 1 heterocycles. The first-order chi connectivity index (χ1) is 11.7. The van der Waals surface area contributed by atoms with E-state index in [1.807, 2.05) is 37.3 Å². The van der Waals surface area contributed by atoms with Crippen LogP contribution in [0.15, 0.2) is 59.0 Å². The standard InChI is InChI=1S/C19H18N2O3/c1-13-17(24-19(20-13)14-6-4-3-5-7-14)12-18(22)21-15-8-10-16(23-2)11-9-15/h3-11H,12H2,1-2H3,(H,21,22). The van der Waals surface area contributed by atoms with E-state index in [4.69, 9.17) is 9.15 Å². The summed E-state index contributed by atoms with van der Waals surface area (Å²) in [4.78, 5) is 16.6. The van der Waals surface area contributed by atoms with Crippen molar-refractivity contribution in [2.24, 2.45) is 0 Å². The molecule has 3 rings (SSSR count). The predicted octanol–water partition coefficient (Wildman–Crippen LogP) is 3.84. The van der Waals surface area contributed by atoms with Crippen LogP contribution in [0.4, 0.5) is 5.69 Å². The summed E-state index contributed by atoms with van der Waals surface area (Å²) in [6, 6.07) is 16.8. The van der Waals surface area contributed by atoms with Crippen LogP contribution in [0, 0.1) is 6.92 Å². The number of carbonyl (C=O) groups is 1. The summed E-state index contributed by atoms with van der Waals surface area (Å²) in [5.74, 6) is 1.69. The third-order valence-corrected chi connectivity index (χ3v) is 3.61. The summed E-state index contributed by atoms with van der Waals surface area (Å²) in [5.41, 5.74) is 2.32. The molecule has 0 saturated heterocycles. The van der Waals surface area contributed by atoms with Crippen molar-refractivity contribution in [2.75, 3.05) is 12.4 Å². The Morgan fingerprint density at radius 3 is 2.50 bits per heavy atom. The van der Waals surface area contributed by atoms with Crippen LogP contribution in [0.5, 0.6) is 5.75 Å². The van der Waals surface area contributed by atoms with E-state index in [1.54, 1.807) is 31.4 Å². The Morgan fingerprint density at radius 1 is 1.12 bits per heavy atom. The minimum atomic E-state index is -0.154. The van der Waals surface area contributed by atoms with Gasteiger partial charge in [-0.2, -0.15) is 0 Å². The zero-order valence-corrected chi connectivity index (χ0v) is 13.6. The van der Waals surface area contributed by atoms with Crippen molar-refractivity contribution >= 4 is 11.6 Å². The number of hydrogen-bond donors (Lipinski definition) is 1. The highest BCUT2D eigenvalue weighted by Crippen LogP contribution is 2.22. The van der Waals surface area contributed by atoms with Gasteiger partial charge in [0.2, 0.25) is 11.8 Å². The Labute approximate surface area is 140 Å². The maximum Gasteiger partial charge on any atom is 0.232 e. The molecule has 0 aliphatic heterocycles. The Kier molecular flexibility index (Phi) is 4.61. The molecule has 5 nitrogen and oxygen atoms in total.